The van der Waals surface area contributed by atoms with Crippen LogP contribution in [0.1, 0.15) is 34.1 Å². The van der Waals surface area contributed by atoms with Crippen LogP contribution in [0.4, 0.5) is 0 Å². The molecule has 7 heteroatoms. The Hall–Kier alpha value is -2.93. The highest BCUT2D eigenvalue weighted by Crippen LogP contribution is 2.15. The fraction of sp³-hybridized carbons (Fsp3) is 0.200. The second-order valence-corrected chi connectivity index (χ2v) is 7.94. The average Bonchev–Trinajstić information content (AvgIpc) is 3.05. The molecule has 1 amide bonds. The molecule has 0 aliphatic heterocycles. The Morgan fingerprint density at radius 3 is 2.52 bits per heavy atom. The molecule has 0 fully saturated rings. The van der Waals surface area contributed by atoms with Crippen LogP contribution in [-0.4, -0.2) is 24.1 Å². The lowest BCUT2D eigenvalue weighted by Gasteiger charge is -2.10. The van der Waals surface area contributed by atoms with Crippen molar-refractivity contribution in [2.45, 2.75) is 31.7 Å². The van der Waals surface area contributed by atoms with Crippen LogP contribution in [0.3, 0.4) is 0 Å². The van der Waals surface area contributed by atoms with E-state index in [2.05, 4.69) is 9.82 Å². The Morgan fingerprint density at radius 1 is 1.11 bits per heavy atom. The van der Waals surface area contributed by atoms with E-state index >= 15 is 0 Å². The largest absolute Gasteiger partial charge is 0.268 e. The number of carbonyl (C=O) groups excluding carboxylic acids is 1. The summed E-state index contributed by atoms with van der Waals surface area (Å²) in [5.41, 5.74) is 2.81. The maximum absolute atomic E-state index is 12.6. The molecule has 0 unspecified atom stereocenters. The number of nitrogens with one attached hydrogen (secondary N) is 1. The Kier molecular flexibility index (Phi) is 5.41. The van der Waals surface area contributed by atoms with E-state index in [9.17, 15) is 13.2 Å². The van der Waals surface area contributed by atoms with E-state index in [1.165, 1.54) is 18.3 Å². The fourth-order valence-electron chi connectivity index (χ4n) is 2.88. The van der Waals surface area contributed by atoms with E-state index in [-0.39, 0.29) is 10.5 Å². The Morgan fingerprint density at radius 2 is 1.85 bits per heavy atom. The molecule has 6 nitrogen and oxygen atoms in total. The predicted octanol–water partition coefficient (Wildman–Crippen LogP) is 2.92. The first-order valence-corrected chi connectivity index (χ1v) is 10.1. The van der Waals surface area contributed by atoms with Gasteiger partial charge in [0.1, 0.15) is 0 Å². The first-order valence-electron chi connectivity index (χ1n) is 8.63. The molecule has 2 aromatic carbocycles. The van der Waals surface area contributed by atoms with E-state index < -0.39 is 15.9 Å². The summed E-state index contributed by atoms with van der Waals surface area (Å²) in [5.74, 6) is -0.673. The van der Waals surface area contributed by atoms with Crippen LogP contribution in [0.25, 0.3) is 0 Å². The zero-order valence-corrected chi connectivity index (χ0v) is 16.0. The summed E-state index contributed by atoms with van der Waals surface area (Å²) < 4.78 is 28.9. The summed E-state index contributed by atoms with van der Waals surface area (Å²) in [6.45, 7) is 4.22. The molecule has 140 valence electrons. The molecule has 0 aliphatic carbocycles. The van der Waals surface area contributed by atoms with E-state index in [1.54, 1.807) is 23.7 Å². The van der Waals surface area contributed by atoms with Gasteiger partial charge in [-0.05, 0) is 36.6 Å². The zero-order chi connectivity index (χ0) is 19.4. The zero-order valence-electron chi connectivity index (χ0n) is 15.2. The topological polar surface area (TPSA) is 81.1 Å². The third-order valence-electron chi connectivity index (χ3n) is 4.23. The average molecular weight is 383 g/mol. The molecule has 0 radical (unpaired) electrons. The van der Waals surface area contributed by atoms with Crippen molar-refractivity contribution in [3.05, 3.63) is 83.2 Å². The summed E-state index contributed by atoms with van der Waals surface area (Å²) in [6.07, 6.45) is 1.98. The monoisotopic (exact) mass is 383 g/mol. The highest BCUT2D eigenvalue weighted by Gasteiger charge is 2.23. The molecule has 3 aromatic rings. The number of nitrogens with zero attached hydrogens (tertiary/aromatic N) is 2. The van der Waals surface area contributed by atoms with Gasteiger partial charge in [-0.3, -0.25) is 9.48 Å². The number of hydrogen-bond donors (Lipinski definition) is 1. The van der Waals surface area contributed by atoms with Gasteiger partial charge in [-0.25, -0.2) is 13.1 Å². The number of sulfonamides is 1. The van der Waals surface area contributed by atoms with Crippen LogP contribution in [0.5, 0.6) is 0 Å². The van der Waals surface area contributed by atoms with Crippen molar-refractivity contribution in [1.29, 1.82) is 0 Å². The number of rotatable bonds is 6. The SMILES string of the molecule is CCc1c(C(=O)NS(=O)(=O)c2cccc(C)c2)cnn1Cc1ccccc1. The Balaban J connectivity index is 1.85. The Labute approximate surface area is 158 Å². The van der Waals surface area contributed by atoms with Crippen molar-refractivity contribution >= 4 is 15.9 Å². The minimum absolute atomic E-state index is 0.0607. The summed E-state index contributed by atoms with van der Waals surface area (Å²) >= 11 is 0. The van der Waals surface area contributed by atoms with Gasteiger partial charge in [0.05, 0.1) is 28.9 Å². The van der Waals surface area contributed by atoms with Crippen LogP contribution < -0.4 is 4.72 Å². The lowest BCUT2D eigenvalue weighted by Crippen LogP contribution is -2.31. The quantitative estimate of drug-likeness (QED) is 0.710. The molecular formula is C20H21N3O3S. The molecule has 0 aliphatic rings. The smallest absolute Gasteiger partial charge is 0.268 e. The van der Waals surface area contributed by atoms with Gasteiger partial charge in [-0.15, -0.1) is 0 Å². The molecule has 0 atom stereocenters. The molecule has 0 bridgehead atoms. The van der Waals surface area contributed by atoms with Crippen molar-refractivity contribution in [3.63, 3.8) is 0 Å². The van der Waals surface area contributed by atoms with Gasteiger partial charge in [-0.2, -0.15) is 5.10 Å². The number of aryl methyl sites for hydroxylation is 1. The normalized spacial score (nSPS) is 11.3. The van der Waals surface area contributed by atoms with Crippen molar-refractivity contribution in [2.75, 3.05) is 0 Å². The summed E-state index contributed by atoms with van der Waals surface area (Å²) in [7, 11) is -3.94. The van der Waals surface area contributed by atoms with Crippen LogP contribution in [0.2, 0.25) is 0 Å². The van der Waals surface area contributed by atoms with Crippen molar-refractivity contribution < 1.29 is 13.2 Å². The van der Waals surface area contributed by atoms with E-state index in [0.717, 1.165) is 11.1 Å². The molecule has 0 saturated carbocycles. The molecule has 0 saturated heterocycles. The first-order chi connectivity index (χ1) is 12.9. The summed E-state index contributed by atoms with van der Waals surface area (Å²) in [6, 6.07) is 16.2. The van der Waals surface area contributed by atoms with Crippen LogP contribution in [0.15, 0.2) is 65.7 Å². The van der Waals surface area contributed by atoms with E-state index in [1.807, 2.05) is 37.3 Å². The molecule has 1 aromatic heterocycles. The molecule has 0 spiro atoms. The minimum Gasteiger partial charge on any atom is -0.268 e. The second kappa shape index (κ2) is 7.75. The van der Waals surface area contributed by atoms with Gasteiger partial charge in [0.25, 0.3) is 15.9 Å². The Bertz CT molecular complexity index is 1060. The van der Waals surface area contributed by atoms with E-state index in [4.69, 9.17) is 0 Å². The maximum Gasteiger partial charge on any atom is 0.268 e. The lowest BCUT2D eigenvalue weighted by molar-refractivity contribution is 0.0980. The number of hydrogen-bond acceptors (Lipinski definition) is 4. The number of benzene rings is 2. The van der Waals surface area contributed by atoms with Gasteiger partial charge in [0.2, 0.25) is 0 Å². The van der Waals surface area contributed by atoms with Crippen LogP contribution in [-0.2, 0) is 23.0 Å². The van der Waals surface area contributed by atoms with Gasteiger partial charge >= 0.3 is 0 Å². The van der Waals surface area contributed by atoms with Gasteiger partial charge in [-0.1, -0.05) is 49.4 Å². The van der Waals surface area contributed by atoms with Crippen LogP contribution >= 0.6 is 0 Å². The standard InChI is InChI=1S/C20H21N3O3S/c1-3-19-18(13-21-23(19)14-16-9-5-4-6-10-16)20(24)22-27(25,26)17-11-7-8-15(2)12-17/h4-13H,3,14H2,1-2H3,(H,22,24). The highest BCUT2D eigenvalue weighted by atomic mass is 32.2. The molecular weight excluding hydrogens is 362 g/mol. The van der Waals surface area contributed by atoms with Gasteiger partial charge in [0, 0.05) is 0 Å². The lowest BCUT2D eigenvalue weighted by atomic mass is 10.2. The number of carbonyl (C=O) groups is 1. The molecule has 1 N–H and O–H groups in total. The second-order valence-electron chi connectivity index (χ2n) is 6.25. The fourth-order valence-corrected chi connectivity index (χ4v) is 3.96. The molecule has 27 heavy (non-hydrogen) atoms. The van der Waals surface area contributed by atoms with Crippen molar-refractivity contribution in [1.82, 2.24) is 14.5 Å². The first kappa shape index (κ1) is 18.8. The number of aromatic nitrogens is 2. The van der Waals surface area contributed by atoms with Crippen LogP contribution in [0, 0.1) is 6.92 Å². The summed E-state index contributed by atoms with van der Waals surface area (Å²) in [4.78, 5) is 12.7. The minimum atomic E-state index is -3.94. The van der Waals surface area contributed by atoms with E-state index in [0.29, 0.717) is 18.7 Å². The third-order valence-corrected chi connectivity index (χ3v) is 5.56. The van der Waals surface area contributed by atoms with Gasteiger partial charge < -0.3 is 0 Å². The van der Waals surface area contributed by atoms with Gasteiger partial charge in [0.15, 0.2) is 0 Å². The van der Waals surface area contributed by atoms with Crippen molar-refractivity contribution in [3.8, 4) is 0 Å². The molecule has 1 heterocycles. The molecule has 3 rings (SSSR count). The van der Waals surface area contributed by atoms with Crippen molar-refractivity contribution in [2.24, 2.45) is 0 Å². The third kappa shape index (κ3) is 4.25. The summed E-state index contributed by atoms with van der Waals surface area (Å²) in [5, 5.41) is 4.28. The predicted molar refractivity (Wildman–Crippen MR) is 103 cm³/mol. The number of amides is 1. The maximum atomic E-state index is 12.6. The highest BCUT2D eigenvalue weighted by molar-refractivity contribution is 7.90.